The molecule has 0 unspecified atom stereocenters. The average molecular weight is 814 g/mol. The Bertz CT molecular complexity index is 2240. The fraction of sp³-hybridized carbons (Fsp3) is 0.220. The summed E-state index contributed by atoms with van der Waals surface area (Å²) in [5.41, 5.74) is 11.5. The second-order valence-corrected chi connectivity index (χ2v) is 11.8. The molecule has 3 heterocycles. The monoisotopic (exact) mass is 813 g/mol. The molecule has 3 aromatic heterocycles. The van der Waals surface area contributed by atoms with Gasteiger partial charge in [-0.3, -0.25) is 4.68 Å². The zero-order chi connectivity index (χ0) is 32.7. The number of aryl methyl sites for hydroxylation is 4. The van der Waals surface area contributed by atoms with Crippen LogP contribution in [0.2, 0.25) is 0 Å². The van der Waals surface area contributed by atoms with Crippen LogP contribution < -0.4 is 9.47 Å². The topological polar surface area (TPSA) is 54.1 Å². The molecule has 0 aliphatic carbocycles. The maximum Gasteiger partial charge on any atom is 2.00 e. The summed E-state index contributed by atoms with van der Waals surface area (Å²) >= 11 is 0. The first kappa shape index (κ1) is 33.2. The van der Waals surface area contributed by atoms with Gasteiger partial charge in [-0.1, -0.05) is 56.6 Å². The van der Waals surface area contributed by atoms with Gasteiger partial charge in [0.05, 0.1) is 12.8 Å². The maximum absolute atomic E-state index is 6.43. The molecule has 0 saturated heterocycles. The van der Waals surface area contributed by atoms with Gasteiger partial charge in [0.1, 0.15) is 11.6 Å². The summed E-state index contributed by atoms with van der Waals surface area (Å²) in [6.07, 6.45) is 4.74. The van der Waals surface area contributed by atoms with Gasteiger partial charge in [0.2, 0.25) is 0 Å². The Morgan fingerprint density at radius 2 is 1.50 bits per heavy atom. The Morgan fingerprint density at radius 1 is 0.750 bits per heavy atom. The first-order valence-electron chi connectivity index (χ1n) is 16.3. The van der Waals surface area contributed by atoms with Crippen molar-refractivity contribution in [2.45, 2.75) is 53.9 Å². The normalized spacial score (nSPS) is 11.2. The Balaban J connectivity index is 0.00000401. The molecule has 4 aromatic carbocycles. The van der Waals surface area contributed by atoms with Crippen LogP contribution in [0.25, 0.3) is 44.4 Å². The molecule has 0 aliphatic rings. The van der Waals surface area contributed by atoms with Crippen LogP contribution in [0.1, 0.15) is 48.8 Å². The van der Waals surface area contributed by atoms with Crippen molar-refractivity contribution < 1.29 is 30.5 Å². The van der Waals surface area contributed by atoms with E-state index in [0.717, 1.165) is 69.7 Å². The third-order valence-electron chi connectivity index (χ3n) is 9.01. The van der Waals surface area contributed by atoms with Crippen molar-refractivity contribution in [1.29, 1.82) is 0 Å². The van der Waals surface area contributed by atoms with Crippen molar-refractivity contribution in [3.8, 4) is 39.9 Å². The molecule has 0 fully saturated rings. The number of hydrogen-bond acceptors (Lipinski definition) is 4. The Kier molecular flexibility index (Phi) is 9.57. The SMILES string of the molecule is CCc1cc(CC)c(-c2c(C)nn(-c3[c-]c(Oc4[c-]c5c(cc4)c4ccccc4n5-c4cc(OC)ccn4)ccc3)c2C)c(CC)c1.[Pt+2]. The van der Waals surface area contributed by atoms with E-state index < -0.39 is 0 Å². The number of fused-ring (bicyclic) bond motifs is 3. The minimum Gasteiger partial charge on any atom is -0.509 e. The summed E-state index contributed by atoms with van der Waals surface area (Å²) in [6.45, 7) is 11.0. The molecule has 244 valence electrons. The van der Waals surface area contributed by atoms with Crippen LogP contribution in [0.3, 0.4) is 0 Å². The summed E-state index contributed by atoms with van der Waals surface area (Å²) in [5, 5.41) is 7.21. The molecule has 0 atom stereocenters. The molecule has 7 aromatic rings. The number of methoxy groups -OCH3 is 1. The van der Waals surface area contributed by atoms with Crippen molar-refractivity contribution in [3.05, 3.63) is 125 Å². The van der Waals surface area contributed by atoms with Gasteiger partial charge in [-0.2, -0.15) is 17.2 Å². The predicted molar refractivity (Wildman–Crippen MR) is 189 cm³/mol. The number of ether oxygens (including phenoxy) is 2. The fourth-order valence-electron chi connectivity index (χ4n) is 6.72. The number of nitrogens with zero attached hydrogens (tertiary/aromatic N) is 4. The van der Waals surface area contributed by atoms with Gasteiger partial charge in [-0.05, 0) is 78.6 Å². The second kappa shape index (κ2) is 13.8. The number of hydrogen-bond donors (Lipinski definition) is 0. The van der Waals surface area contributed by atoms with E-state index in [-0.39, 0.29) is 21.1 Å². The Labute approximate surface area is 296 Å². The molecule has 48 heavy (non-hydrogen) atoms. The van der Waals surface area contributed by atoms with E-state index in [1.807, 2.05) is 53.2 Å². The van der Waals surface area contributed by atoms with Crippen LogP contribution in [0.5, 0.6) is 17.2 Å². The van der Waals surface area contributed by atoms with Crippen molar-refractivity contribution in [2.24, 2.45) is 0 Å². The Morgan fingerprint density at radius 3 is 2.23 bits per heavy atom. The predicted octanol–water partition coefficient (Wildman–Crippen LogP) is 9.73. The third kappa shape index (κ3) is 5.83. The van der Waals surface area contributed by atoms with E-state index in [2.05, 4.69) is 86.6 Å². The van der Waals surface area contributed by atoms with E-state index in [1.165, 1.54) is 27.8 Å². The number of rotatable bonds is 9. The zero-order valence-electron chi connectivity index (χ0n) is 28.1. The molecular formula is C41H38N4O2Pt. The molecule has 0 bridgehead atoms. The van der Waals surface area contributed by atoms with Gasteiger partial charge < -0.3 is 14.0 Å². The van der Waals surface area contributed by atoms with E-state index in [0.29, 0.717) is 11.5 Å². The standard InChI is InChI=1S/C41H38N4O2.Pt/c1-7-28-21-29(8-2)41(30(9-3)22-28)40-26(4)43-45(27(40)5)31-13-12-14-33(23-31)47-34-17-18-36-35-15-10-11-16-37(35)44(38(36)24-34)39-25-32(46-6)19-20-42-39;/h10-22,25H,7-9H2,1-6H3;/q-2;+2. The number of pyridine rings is 1. The molecule has 7 heteroatoms. The van der Waals surface area contributed by atoms with Crippen LogP contribution >= 0.6 is 0 Å². The average Bonchev–Trinajstić information content (AvgIpc) is 3.59. The van der Waals surface area contributed by atoms with E-state index in [4.69, 9.17) is 14.6 Å². The quantitative estimate of drug-likeness (QED) is 0.136. The zero-order valence-corrected chi connectivity index (χ0v) is 30.4. The summed E-state index contributed by atoms with van der Waals surface area (Å²) < 4.78 is 16.0. The molecule has 0 N–H and O–H groups in total. The van der Waals surface area contributed by atoms with E-state index in [9.17, 15) is 0 Å². The maximum atomic E-state index is 6.43. The second-order valence-electron chi connectivity index (χ2n) is 11.8. The summed E-state index contributed by atoms with van der Waals surface area (Å²) in [7, 11) is 1.66. The number of benzene rings is 4. The molecule has 0 spiro atoms. The smallest absolute Gasteiger partial charge is 0.509 e. The van der Waals surface area contributed by atoms with Crippen LogP contribution in [-0.4, -0.2) is 26.4 Å². The van der Waals surface area contributed by atoms with Gasteiger partial charge in [-0.15, -0.1) is 35.7 Å². The minimum absolute atomic E-state index is 0. The van der Waals surface area contributed by atoms with Crippen molar-refractivity contribution in [2.75, 3.05) is 7.11 Å². The number of para-hydroxylation sites is 1. The Hall–Kier alpha value is -4.67. The first-order chi connectivity index (χ1) is 22.9. The van der Waals surface area contributed by atoms with Gasteiger partial charge in [0.25, 0.3) is 0 Å². The van der Waals surface area contributed by atoms with Crippen LogP contribution in [0.15, 0.2) is 85.1 Å². The molecule has 7 rings (SSSR count). The van der Waals surface area contributed by atoms with Gasteiger partial charge in [0, 0.05) is 40.5 Å². The molecule has 0 radical (unpaired) electrons. The molecule has 0 aliphatic heterocycles. The summed E-state index contributed by atoms with van der Waals surface area (Å²) in [6, 6.07) is 33.8. The molecule has 0 saturated carbocycles. The number of aromatic nitrogens is 4. The third-order valence-corrected chi connectivity index (χ3v) is 9.01. The summed E-state index contributed by atoms with van der Waals surface area (Å²) in [4.78, 5) is 4.66. The van der Waals surface area contributed by atoms with Crippen molar-refractivity contribution in [1.82, 2.24) is 19.3 Å². The molecular weight excluding hydrogens is 776 g/mol. The summed E-state index contributed by atoms with van der Waals surface area (Å²) in [5.74, 6) is 2.66. The van der Waals surface area contributed by atoms with Crippen LogP contribution in [-0.2, 0) is 40.3 Å². The van der Waals surface area contributed by atoms with Gasteiger partial charge >= 0.3 is 21.1 Å². The molecule has 6 nitrogen and oxygen atoms in total. The molecule has 0 amide bonds. The van der Waals surface area contributed by atoms with Gasteiger partial charge in [0.15, 0.2) is 0 Å². The van der Waals surface area contributed by atoms with Crippen LogP contribution in [0, 0.1) is 26.0 Å². The minimum atomic E-state index is 0. The largest absolute Gasteiger partial charge is 2.00 e. The van der Waals surface area contributed by atoms with E-state index in [1.54, 1.807) is 13.3 Å². The first-order valence-corrected chi connectivity index (χ1v) is 16.3. The van der Waals surface area contributed by atoms with E-state index >= 15 is 0 Å². The van der Waals surface area contributed by atoms with Crippen molar-refractivity contribution >= 4 is 21.8 Å². The van der Waals surface area contributed by atoms with Crippen LogP contribution in [0.4, 0.5) is 0 Å². The fourth-order valence-corrected chi connectivity index (χ4v) is 6.72. The van der Waals surface area contributed by atoms with Gasteiger partial charge in [-0.25, -0.2) is 4.98 Å². The van der Waals surface area contributed by atoms with Crippen molar-refractivity contribution in [3.63, 3.8) is 0 Å².